The van der Waals surface area contributed by atoms with E-state index in [2.05, 4.69) is 5.32 Å². The zero-order chi connectivity index (χ0) is 17.5. The van der Waals surface area contributed by atoms with Crippen LogP contribution in [0.5, 0.6) is 5.75 Å². The van der Waals surface area contributed by atoms with Crippen molar-refractivity contribution in [2.24, 2.45) is 5.73 Å². The molecule has 6 heteroatoms. The van der Waals surface area contributed by atoms with Crippen molar-refractivity contribution in [3.63, 3.8) is 0 Å². The fourth-order valence-electron chi connectivity index (χ4n) is 2.12. The Morgan fingerprint density at radius 3 is 2.75 bits per heavy atom. The van der Waals surface area contributed by atoms with Crippen molar-refractivity contribution < 1.29 is 9.53 Å². The summed E-state index contributed by atoms with van der Waals surface area (Å²) in [6.45, 7) is 1.65. The Bertz CT molecular complexity index is 704. The molecule has 0 bridgehead atoms. The molecule has 0 aromatic heterocycles. The molecule has 5 nitrogen and oxygen atoms in total. The SMILES string of the molecule is CN(C)CCOc1ccc(Cl)cc1C(=O)Nc1cccc(CN)c1. The number of carbonyl (C=O) groups excluding carboxylic acids is 1. The largest absolute Gasteiger partial charge is 0.491 e. The van der Waals surface area contributed by atoms with Crippen LogP contribution in [0.2, 0.25) is 5.02 Å². The second-order valence-corrected chi connectivity index (χ2v) is 6.09. The van der Waals surface area contributed by atoms with Gasteiger partial charge in [-0.3, -0.25) is 4.79 Å². The summed E-state index contributed by atoms with van der Waals surface area (Å²) in [5.74, 6) is 0.236. The van der Waals surface area contributed by atoms with E-state index in [4.69, 9.17) is 22.1 Å². The summed E-state index contributed by atoms with van der Waals surface area (Å²) in [5, 5.41) is 3.34. The molecule has 1 amide bonds. The van der Waals surface area contributed by atoms with Crippen LogP contribution in [-0.4, -0.2) is 38.1 Å². The maximum absolute atomic E-state index is 12.6. The van der Waals surface area contributed by atoms with Crippen LogP contribution in [0.3, 0.4) is 0 Å². The quantitative estimate of drug-likeness (QED) is 0.808. The molecule has 0 saturated carbocycles. The number of halogens is 1. The third-order valence-electron chi connectivity index (χ3n) is 3.40. The van der Waals surface area contributed by atoms with Gasteiger partial charge in [-0.15, -0.1) is 0 Å². The Labute approximate surface area is 147 Å². The van der Waals surface area contributed by atoms with E-state index in [0.29, 0.717) is 35.2 Å². The Balaban J connectivity index is 2.16. The maximum atomic E-state index is 12.6. The van der Waals surface area contributed by atoms with Crippen molar-refractivity contribution in [1.29, 1.82) is 0 Å². The van der Waals surface area contributed by atoms with Gasteiger partial charge in [0.05, 0.1) is 5.56 Å². The molecule has 0 fully saturated rings. The fourth-order valence-corrected chi connectivity index (χ4v) is 2.29. The van der Waals surface area contributed by atoms with E-state index in [1.165, 1.54) is 0 Å². The first-order chi connectivity index (χ1) is 11.5. The zero-order valence-electron chi connectivity index (χ0n) is 13.9. The minimum atomic E-state index is -0.272. The third-order valence-corrected chi connectivity index (χ3v) is 3.64. The molecule has 0 aliphatic heterocycles. The van der Waals surface area contributed by atoms with E-state index in [1.54, 1.807) is 18.2 Å². The van der Waals surface area contributed by atoms with Crippen molar-refractivity contribution in [1.82, 2.24) is 4.90 Å². The minimum Gasteiger partial charge on any atom is -0.491 e. The summed E-state index contributed by atoms with van der Waals surface area (Å²) in [6, 6.07) is 12.4. The number of likely N-dealkylation sites (N-methyl/N-ethyl adjacent to an activating group) is 1. The van der Waals surface area contributed by atoms with Crippen LogP contribution in [0.15, 0.2) is 42.5 Å². The van der Waals surface area contributed by atoms with E-state index in [-0.39, 0.29) is 5.91 Å². The standard InChI is InChI=1S/C18H22ClN3O2/c1-22(2)8-9-24-17-7-6-14(19)11-16(17)18(23)21-15-5-3-4-13(10-15)12-20/h3-7,10-11H,8-9,12,20H2,1-2H3,(H,21,23). The number of anilines is 1. The lowest BCUT2D eigenvalue weighted by Crippen LogP contribution is -2.20. The van der Waals surface area contributed by atoms with Crippen LogP contribution in [0.25, 0.3) is 0 Å². The van der Waals surface area contributed by atoms with Gasteiger partial charge in [0.2, 0.25) is 0 Å². The van der Waals surface area contributed by atoms with Crippen molar-refractivity contribution >= 4 is 23.2 Å². The highest BCUT2D eigenvalue weighted by Crippen LogP contribution is 2.24. The van der Waals surface area contributed by atoms with E-state index in [1.807, 2.05) is 43.3 Å². The molecule has 2 aromatic rings. The second-order valence-electron chi connectivity index (χ2n) is 5.65. The van der Waals surface area contributed by atoms with Gasteiger partial charge in [-0.25, -0.2) is 0 Å². The fraction of sp³-hybridized carbons (Fsp3) is 0.278. The second kappa shape index (κ2) is 8.68. The number of nitrogens with zero attached hydrogens (tertiary/aromatic N) is 1. The molecule has 0 unspecified atom stereocenters. The number of hydrogen-bond donors (Lipinski definition) is 2. The Kier molecular flexibility index (Phi) is 6.61. The molecule has 0 aliphatic carbocycles. The third kappa shape index (κ3) is 5.23. The summed E-state index contributed by atoms with van der Waals surface area (Å²) in [6.07, 6.45) is 0. The normalized spacial score (nSPS) is 10.7. The molecular weight excluding hydrogens is 326 g/mol. The highest BCUT2D eigenvalue weighted by atomic mass is 35.5. The van der Waals surface area contributed by atoms with Gasteiger partial charge in [-0.1, -0.05) is 23.7 Å². The van der Waals surface area contributed by atoms with Gasteiger partial charge in [0.25, 0.3) is 5.91 Å². The van der Waals surface area contributed by atoms with E-state index in [0.717, 1.165) is 12.1 Å². The number of benzene rings is 2. The summed E-state index contributed by atoms with van der Waals surface area (Å²) in [7, 11) is 3.92. The Morgan fingerprint density at radius 2 is 2.04 bits per heavy atom. The molecule has 2 rings (SSSR count). The van der Waals surface area contributed by atoms with Gasteiger partial charge in [-0.2, -0.15) is 0 Å². The summed E-state index contributed by atoms with van der Waals surface area (Å²) in [5.41, 5.74) is 7.66. The number of carbonyl (C=O) groups is 1. The average Bonchev–Trinajstić information content (AvgIpc) is 2.56. The van der Waals surface area contributed by atoms with Crippen molar-refractivity contribution in [3.05, 3.63) is 58.6 Å². The lowest BCUT2D eigenvalue weighted by molar-refractivity contribution is 0.102. The molecule has 0 radical (unpaired) electrons. The molecule has 0 spiro atoms. The number of rotatable bonds is 7. The van der Waals surface area contributed by atoms with Crippen LogP contribution >= 0.6 is 11.6 Å². The first-order valence-corrected chi connectivity index (χ1v) is 8.05. The van der Waals surface area contributed by atoms with Crippen LogP contribution in [0.4, 0.5) is 5.69 Å². The Hall–Kier alpha value is -2.08. The smallest absolute Gasteiger partial charge is 0.259 e. The van der Waals surface area contributed by atoms with Crippen LogP contribution in [-0.2, 0) is 6.54 Å². The molecule has 0 aliphatic rings. The van der Waals surface area contributed by atoms with Crippen LogP contribution < -0.4 is 15.8 Å². The van der Waals surface area contributed by atoms with Gasteiger partial charge in [-0.05, 0) is 50.0 Å². The predicted molar refractivity (Wildman–Crippen MR) is 97.8 cm³/mol. The van der Waals surface area contributed by atoms with Crippen molar-refractivity contribution in [2.75, 3.05) is 32.6 Å². The maximum Gasteiger partial charge on any atom is 0.259 e. The van der Waals surface area contributed by atoms with Gasteiger partial charge in [0, 0.05) is 23.8 Å². The molecule has 24 heavy (non-hydrogen) atoms. The molecule has 0 heterocycles. The van der Waals surface area contributed by atoms with Crippen molar-refractivity contribution in [3.8, 4) is 5.75 Å². The summed E-state index contributed by atoms with van der Waals surface area (Å²) < 4.78 is 5.73. The van der Waals surface area contributed by atoms with Gasteiger partial charge in [0.1, 0.15) is 12.4 Å². The van der Waals surface area contributed by atoms with Crippen molar-refractivity contribution in [2.45, 2.75) is 6.54 Å². The lowest BCUT2D eigenvalue weighted by Gasteiger charge is -2.14. The van der Waals surface area contributed by atoms with Gasteiger partial charge in [0.15, 0.2) is 0 Å². The van der Waals surface area contributed by atoms with Gasteiger partial charge < -0.3 is 20.7 Å². The van der Waals surface area contributed by atoms with E-state index in [9.17, 15) is 4.79 Å². The predicted octanol–water partition coefficient (Wildman–Crippen LogP) is 2.99. The van der Waals surface area contributed by atoms with Gasteiger partial charge >= 0.3 is 0 Å². The number of hydrogen-bond acceptors (Lipinski definition) is 4. The highest BCUT2D eigenvalue weighted by Gasteiger charge is 2.14. The first-order valence-electron chi connectivity index (χ1n) is 7.67. The number of nitrogens with one attached hydrogen (secondary N) is 1. The van der Waals surface area contributed by atoms with Crippen LogP contribution in [0, 0.1) is 0 Å². The monoisotopic (exact) mass is 347 g/mol. The number of nitrogens with two attached hydrogens (primary N) is 1. The molecule has 128 valence electrons. The topological polar surface area (TPSA) is 67.6 Å². The zero-order valence-corrected chi connectivity index (χ0v) is 14.6. The molecule has 2 aromatic carbocycles. The minimum absolute atomic E-state index is 0.272. The molecule has 0 atom stereocenters. The van der Waals surface area contributed by atoms with E-state index >= 15 is 0 Å². The average molecular weight is 348 g/mol. The van der Waals surface area contributed by atoms with Crippen LogP contribution in [0.1, 0.15) is 15.9 Å². The number of ether oxygens (including phenoxy) is 1. The number of amides is 1. The molecular formula is C18H22ClN3O2. The molecule has 3 N–H and O–H groups in total. The lowest BCUT2D eigenvalue weighted by atomic mass is 10.1. The van der Waals surface area contributed by atoms with E-state index < -0.39 is 0 Å². The summed E-state index contributed by atoms with van der Waals surface area (Å²) >= 11 is 6.04. The molecule has 0 saturated heterocycles. The first kappa shape index (κ1) is 18.3. The highest BCUT2D eigenvalue weighted by molar-refractivity contribution is 6.31. The summed E-state index contributed by atoms with van der Waals surface area (Å²) in [4.78, 5) is 14.6. The Morgan fingerprint density at radius 1 is 1.25 bits per heavy atom.